The lowest BCUT2D eigenvalue weighted by Crippen LogP contribution is -2.43. The third-order valence-electron chi connectivity index (χ3n) is 3.42. The average molecular weight is 329 g/mol. The van der Waals surface area contributed by atoms with Gasteiger partial charge in [-0.2, -0.15) is 10.2 Å². The van der Waals surface area contributed by atoms with Gasteiger partial charge in [0.15, 0.2) is 22.3 Å². The predicted octanol–water partition coefficient (Wildman–Crippen LogP) is 3.23. The fourth-order valence-corrected chi connectivity index (χ4v) is 2.07. The predicted molar refractivity (Wildman–Crippen MR) is 98.1 cm³/mol. The van der Waals surface area contributed by atoms with Gasteiger partial charge >= 0.3 is 0 Å². The number of ketones is 1. The van der Waals surface area contributed by atoms with Gasteiger partial charge < -0.3 is 9.35 Å². The van der Waals surface area contributed by atoms with Crippen LogP contribution >= 0.6 is 0 Å². The number of Topliss-reactive ketones (excluding diaryl/α,β-unsaturated/α-hetero) is 1. The van der Waals surface area contributed by atoms with Crippen molar-refractivity contribution in [2.75, 3.05) is 14.1 Å². The first-order chi connectivity index (χ1) is 9.30. The summed E-state index contributed by atoms with van der Waals surface area (Å²) in [5, 5.41) is 9.18. The van der Waals surface area contributed by atoms with Crippen molar-refractivity contribution >= 4 is 33.7 Å². The molecule has 0 unspecified atom stereocenters. The minimum absolute atomic E-state index is 0.0466. The first-order valence-electron chi connectivity index (χ1n) is 7.45. The standard InChI is InChI=1S/C14H32N4OSi2/c1-11-13(19)14(16-18(4)21(8,9)10)12(2)15-17(3)20(5,6)7/h11H2,1-10H3/b15-12+,16-14-. The molecule has 0 heterocycles. The van der Waals surface area contributed by atoms with E-state index in [4.69, 9.17) is 0 Å². The highest BCUT2D eigenvalue weighted by molar-refractivity contribution is 6.74. The topological polar surface area (TPSA) is 48.3 Å². The van der Waals surface area contributed by atoms with E-state index in [-0.39, 0.29) is 5.78 Å². The minimum atomic E-state index is -1.57. The number of hydrogen-bond acceptors (Lipinski definition) is 5. The van der Waals surface area contributed by atoms with Gasteiger partial charge in [-0.15, -0.1) is 0 Å². The summed E-state index contributed by atoms with van der Waals surface area (Å²) in [6.07, 6.45) is 0.446. The highest BCUT2D eigenvalue weighted by Crippen LogP contribution is 2.10. The zero-order chi connectivity index (χ0) is 17.0. The molecule has 0 radical (unpaired) electrons. The molecule has 0 amide bonds. The molecule has 0 saturated carbocycles. The summed E-state index contributed by atoms with van der Waals surface area (Å²) in [5.41, 5.74) is 1.20. The summed E-state index contributed by atoms with van der Waals surface area (Å²) in [4.78, 5) is 12.2. The van der Waals surface area contributed by atoms with Crippen molar-refractivity contribution in [2.45, 2.75) is 59.6 Å². The zero-order valence-electron chi connectivity index (χ0n) is 15.4. The van der Waals surface area contributed by atoms with Gasteiger partial charge in [0.1, 0.15) is 5.71 Å². The van der Waals surface area contributed by atoms with Crippen molar-refractivity contribution in [1.82, 2.24) is 9.35 Å². The van der Waals surface area contributed by atoms with E-state index in [0.29, 0.717) is 17.8 Å². The van der Waals surface area contributed by atoms with Gasteiger partial charge in [0.25, 0.3) is 0 Å². The number of nitrogens with zero attached hydrogens (tertiary/aromatic N) is 4. The van der Waals surface area contributed by atoms with E-state index < -0.39 is 16.5 Å². The quantitative estimate of drug-likeness (QED) is 0.409. The third kappa shape index (κ3) is 6.56. The number of hydrogen-bond donors (Lipinski definition) is 0. The van der Waals surface area contributed by atoms with Crippen LogP contribution < -0.4 is 0 Å². The van der Waals surface area contributed by atoms with E-state index in [9.17, 15) is 4.79 Å². The summed E-state index contributed by atoms with van der Waals surface area (Å²) >= 11 is 0. The Hall–Kier alpha value is -0.956. The molecule has 0 bridgehead atoms. The Morgan fingerprint density at radius 3 is 1.62 bits per heavy atom. The Bertz CT molecular complexity index is 433. The molecule has 122 valence electrons. The van der Waals surface area contributed by atoms with Gasteiger partial charge in [-0.25, -0.2) is 0 Å². The fraction of sp³-hybridized carbons (Fsp3) is 0.786. The van der Waals surface area contributed by atoms with Crippen molar-refractivity contribution in [1.29, 1.82) is 0 Å². The molecule has 0 aliphatic carbocycles. The van der Waals surface area contributed by atoms with Crippen molar-refractivity contribution in [3.8, 4) is 0 Å². The fourth-order valence-electron chi connectivity index (χ4n) is 1.22. The molecule has 0 spiro atoms. The number of carbonyl (C=O) groups excluding carboxylic acids is 1. The van der Waals surface area contributed by atoms with Crippen LogP contribution in [0.5, 0.6) is 0 Å². The second-order valence-electron chi connectivity index (χ2n) is 7.30. The summed E-state index contributed by atoms with van der Waals surface area (Å²) in [5.74, 6) is 0.0466. The highest BCUT2D eigenvalue weighted by atomic mass is 28.3. The van der Waals surface area contributed by atoms with E-state index in [0.717, 1.165) is 0 Å². The van der Waals surface area contributed by atoms with E-state index >= 15 is 0 Å². The first kappa shape index (κ1) is 20.0. The maximum Gasteiger partial charge on any atom is 0.184 e. The molecular weight excluding hydrogens is 296 g/mol. The smallest absolute Gasteiger partial charge is 0.184 e. The molecule has 0 aromatic heterocycles. The monoisotopic (exact) mass is 328 g/mol. The number of rotatable bonds is 7. The van der Waals surface area contributed by atoms with Crippen LogP contribution in [0.3, 0.4) is 0 Å². The minimum Gasteiger partial charge on any atom is -0.327 e. The average Bonchev–Trinajstić information content (AvgIpc) is 2.31. The van der Waals surface area contributed by atoms with Gasteiger partial charge in [0.05, 0.1) is 5.71 Å². The van der Waals surface area contributed by atoms with Crippen LogP contribution in [0, 0.1) is 0 Å². The van der Waals surface area contributed by atoms with Crippen LogP contribution in [-0.4, -0.2) is 57.1 Å². The summed E-state index contributed by atoms with van der Waals surface area (Å²) < 4.78 is 3.97. The largest absolute Gasteiger partial charge is 0.327 e. The molecule has 0 fully saturated rings. The molecule has 0 atom stereocenters. The van der Waals surface area contributed by atoms with Crippen LogP contribution in [-0.2, 0) is 4.79 Å². The Balaban J connectivity index is 5.60. The van der Waals surface area contributed by atoms with E-state index in [1.54, 1.807) is 0 Å². The van der Waals surface area contributed by atoms with Gasteiger partial charge in [0, 0.05) is 20.5 Å². The molecule has 0 aromatic carbocycles. The first-order valence-corrected chi connectivity index (χ1v) is 14.3. The molecule has 0 N–H and O–H groups in total. The Kier molecular flexibility index (Phi) is 7.02. The number of hydrazone groups is 2. The molecule has 21 heavy (non-hydrogen) atoms. The maximum absolute atomic E-state index is 12.2. The van der Waals surface area contributed by atoms with Crippen LogP contribution in [0.1, 0.15) is 20.3 Å². The molecule has 0 saturated heterocycles. The van der Waals surface area contributed by atoms with Gasteiger partial charge in [0.2, 0.25) is 0 Å². The lowest BCUT2D eigenvalue weighted by atomic mass is 10.1. The maximum atomic E-state index is 12.2. The Morgan fingerprint density at radius 1 is 0.905 bits per heavy atom. The third-order valence-corrected chi connectivity index (χ3v) is 7.50. The van der Waals surface area contributed by atoms with Crippen LogP contribution in [0.15, 0.2) is 10.2 Å². The molecule has 0 rings (SSSR count). The number of carbonyl (C=O) groups is 1. The van der Waals surface area contributed by atoms with Gasteiger partial charge in [-0.3, -0.25) is 4.79 Å². The second-order valence-corrected chi connectivity index (χ2v) is 17.3. The SMILES string of the molecule is CCC(=O)C(=N\N(C)[Si](C)(C)C)/C(C)=N/N(C)[Si](C)(C)C. The summed E-state index contributed by atoms with van der Waals surface area (Å²) in [7, 11) is 0.840. The van der Waals surface area contributed by atoms with E-state index in [2.05, 4.69) is 49.5 Å². The van der Waals surface area contributed by atoms with E-state index in [1.807, 2.05) is 37.3 Å². The Labute approximate surface area is 132 Å². The molecule has 0 aliphatic rings. The Morgan fingerprint density at radius 2 is 1.29 bits per heavy atom. The summed E-state index contributed by atoms with van der Waals surface area (Å²) in [6, 6.07) is 0. The normalized spacial score (nSPS) is 14.2. The molecule has 7 heteroatoms. The van der Waals surface area contributed by atoms with Crippen LogP contribution in [0.25, 0.3) is 0 Å². The van der Waals surface area contributed by atoms with Crippen LogP contribution in [0.4, 0.5) is 0 Å². The lowest BCUT2D eigenvalue weighted by molar-refractivity contribution is -0.112. The zero-order valence-corrected chi connectivity index (χ0v) is 17.4. The molecule has 0 aliphatic heterocycles. The molecule has 0 aromatic rings. The lowest BCUT2D eigenvalue weighted by Gasteiger charge is -2.29. The highest BCUT2D eigenvalue weighted by Gasteiger charge is 2.24. The van der Waals surface area contributed by atoms with Gasteiger partial charge in [-0.05, 0) is 6.92 Å². The van der Waals surface area contributed by atoms with Crippen molar-refractivity contribution in [3.63, 3.8) is 0 Å². The van der Waals surface area contributed by atoms with Crippen molar-refractivity contribution < 1.29 is 4.79 Å². The molecular formula is C14H32N4OSi2. The van der Waals surface area contributed by atoms with Crippen molar-refractivity contribution in [2.24, 2.45) is 10.2 Å². The molecule has 5 nitrogen and oxygen atoms in total. The van der Waals surface area contributed by atoms with Gasteiger partial charge in [-0.1, -0.05) is 46.2 Å². The second kappa shape index (κ2) is 7.35. The van der Waals surface area contributed by atoms with Crippen molar-refractivity contribution in [3.05, 3.63) is 0 Å². The summed E-state index contributed by atoms with van der Waals surface area (Å²) in [6.45, 7) is 17.0. The van der Waals surface area contributed by atoms with E-state index in [1.165, 1.54) is 0 Å². The van der Waals surface area contributed by atoms with Crippen LogP contribution in [0.2, 0.25) is 39.3 Å².